The summed E-state index contributed by atoms with van der Waals surface area (Å²) in [4.78, 5) is 27.0. The second-order valence-corrected chi connectivity index (χ2v) is 8.45. The Bertz CT molecular complexity index is 1140. The lowest BCUT2D eigenvalue weighted by atomic mass is 10.1. The smallest absolute Gasteiger partial charge is 0.298 e. The molecule has 0 unspecified atom stereocenters. The maximum Gasteiger partial charge on any atom is 0.298 e. The first-order valence-corrected chi connectivity index (χ1v) is 11.1. The van der Waals surface area contributed by atoms with Crippen LogP contribution in [0.3, 0.4) is 0 Å². The number of amides is 2. The Labute approximate surface area is 190 Å². The van der Waals surface area contributed by atoms with Crippen LogP contribution in [0.1, 0.15) is 23.6 Å². The van der Waals surface area contributed by atoms with Gasteiger partial charge in [-0.05, 0) is 77.3 Å². The van der Waals surface area contributed by atoms with Gasteiger partial charge in [0.1, 0.15) is 12.4 Å². The topological polar surface area (TPSA) is 46.6 Å². The van der Waals surface area contributed by atoms with Crippen LogP contribution in [0, 0.1) is 0 Å². The average molecular weight is 450 g/mol. The maximum atomic E-state index is 12.9. The van der Waals surface area contributed by atoms with Gasteiger partial charge in [-0.1, -0.05) is 54.9 Å². The highest BCUT2D eigenvalue weighted by atomic mass is 35.5. The Morgan fingerprint density at radius 3 is 2.39 bits per heavy atom. The molecule has 1 fully saturated rings. The predicted molar refractivity (Wildman–Crippen MR) is 126 cm³/mol. The molecule has 3 aromatic carbocycles. The van der Waals surface area contributed by atoms with Crippen LogP contribution in [0.5, 0.6) is 5.75 Å². The fourth-order valence-electron chi connectivity index (χ4n) is 3.16. The minimum absolute atomic E-state index is 0.296. The molecule has 1 saturated heterocycles. The number of thioether (sulfide) groups is 1. The number of imide groups is 1. The molecule has 31 heavy (non-hydrogen) atoms. The van der Waals surface area contributed by atoms with Gasteiger partial charge >= 0.3 is 0 Å². The zero-order valence-corrected chi connectivity index (χ0v) is 18.5. The van der Waals surface area contributed by atoms with Gasteiger partial charge in [0.05, 0.1) is 10.6 Å². The van der Waals surface area contributed by atoms with Gasteiger partial charge in [0.15, 0.2) is 0 Å². The van der Waals surface area contributed by atoms with Crippen molar-refractivity contribution in [3.63, 3.8) is 0 Å². The van der Waals surface area contributed by atoms with Crippen molar-refractivity contribution in [2.75, 3.05) is 4.90 Å². The Kier molecular flexibility index (Phi) is 6.44. The van der Waals surface area contributed by atoms with Crippen molar-refractivity contribution in [1.29, 1.82) is 0 Å². The third kappa shape index (κ3) is 5.01. The third-order valence-corrected chi connectivity index (χ3v) is 5.99. The molecule has 0 radical (unpaired) electrons. The summed E-state index contributed by atoms with van der Waals surface area (Å²) in [5.41, 5.74) is 3.54. The fraction of sp³-hybridized carbons (Fsp3) is 0.120. The molecule has 0 atom stereocenters. The number of carbonyl (C=O) groups excluding carboxylic acids is 2. The van der Waals surface area contributed by atoms with Crippen LogP contribution in [0.4, 0.5) is 10.5 Å². The Morgan fingerprint density at radius 2 is 1.68 bits per heavy atom. The van der Waals surface area contributed by atoms with E-state index in [1.54, 1.807) is 6.08 Å². The minimum atomic E-state index is -0.313. The number of aryl methyl sites for hydroxylation is 1. The van der Waals surface area contributed by atoms with Crippen molar-refractivity contribution in [1.82, 2.24) is 0 Å². The van der Waals surface area contributed by atoms with E-state index in [1.165, 1.54) is 4.90 Å². The van der Waals surface area contributed by atoms with E-state index in [9.17, 15) is 9.59 Å². The summed E-state index contributed by atoms with van der Waals surface area (Å²) in [5, 5.41) is 0.386. The van der Waals surface area contributed by atoms with Gasteiger partial charge in [-0.25, -0.2) is 4.90 Å². The van der Waals surface area contributed by atoms with Gasteiger partial charge in [-0.2, -0.15) is 0 Å². The van der Waals surface area contributed by atoms with Crippen LogP contribution in [-0.2, 0) is 17.8 Å². The predicted octanol–water partition coefficient (Wildman–Crippen LogP) is 6.72. The number of hydrogen-bond acceptors (Lipinski definition) is 4. The molecule has 0 bridgehead atoms. The average Bonchev–Trinajstić information content (AvgIpc) is 3.06. The highest BCUT2D eigenvalue weighted by molar-refractivity contribution is 8.19. The summed E-state index contributed by atoms with van der Waals surface area (Å²) >= 11 is 6.86. The van der Waals surface area contributed by atoms with Crippen molar-refractivity contribution in [2.45, 2.75) is 20.0 Å². The number of rotatable bonds is 6. The highest BCUT2D eigenvalue weighted by Crippen LogP contribution is 2.36. The van der Waals surface area contributed by atoms with Crippen LogP contribution in [0.2, 0.25) is 5.02 Å². The summed E-state index contributed by atoms with van der Waals surface area (Å²) in [6, 6.07) is 22.4. The molecule has 2 amide bonds. The summed E-state index contributed by atoms with van der Waals surface area (Å²) < 4.78 is 5.86. The van der Waals surface area contributed by atoms with Crippen LogP contribution < -0.4 is 9.64 Å². The Hall–Kier alpha value is -3.02. The van der Waals surface area contributed by atoms with Crippen molar-refractivity contribution < 1.29 is 14.3 Å². The third-order valence-electron chi connectivity index (χ3n) is 4.87. The van der Waals surface area contributed by atoms with Crippen molar-refractivity contribution in [3.05, 3.63) is 99.4 Å². The van der Waals surface area contributed by atoms with Crippen LogP contribution in [0.15, 0.2) is 77.7 Å². The standard InChI is InChI=1S/C25H20ClNO3S/c1-2-17-8-12-21(13-9-17)27-24(28)23(31-25(27)29)15-19-4-3-5-22(14-19)30-16-18-6-10-20(26)11-7-18/h3-15H,2,16H2,1H3/b23-15-. The quantitative estimate of drug-likeness (QED) is 0.392. The molecule has 0 aromatic heterocycles. The first kappa shape index (κ1) is 21.2. The molecule has 3 aromatic rings. The number of carbonyl (C=O) groups is 2. The van der Waals surface area contributed by atoms with Crippen LogP contribution in [-0.4, -0.2) is 11.1 Å². The van der Waals surface area contributed by atoms with E-state index in [-0.39, 0.29) is 11.1 Å². The molecule has 156 valence electrons. The monoisotopic (exact) mass is 449 g/mol. The zero-order chi connectivity index (χ0) is 21.8. The summed E-state index contributed by atoms with van der Waals surface area (Å²) in [6.45, 7) is 2.47. The van der Waals surface area contributed by atoms with E-state index >= 15 is 0 Å². The first-order chi connectivity index (χ1) is 15.0. The van der Waals surface area contributed by atoms with E-state index in [2.05, 4.69) is 6.92 Å². The van der Waals surface area contributed by atoms with E-state index < -0.39 is 0 Å². The Balaban J connectivity index is 1.49. The molecule has 1 aliphatic rings. The molecule has 1 aliphatic heterocycles. The lowest BCUT2D eigenvalue weighted by Gasteiger charge is -2.12. The second-order valence-electron chi connectivity index (χ2n) is 7.02. The highest BCUT2D eigenvalue weighted by Gasteiger charge is 2.36. The van der Waals surface area contributed by atoms with Gasteiger partial charge in [0.25, 0.3) is 11.1 Å². The van der Waals surface area contributed by atoms with Gasteiger partial charge in [0.2, 0.25) is 0 Å². The first-order valence-electron chi connectivity index (χ1n) is 9.87. The number of halogens is 1. The van der Waals surface area contributed by atoms with Crippen molar-refractivity contribution in [2.24, 2.45) is 0 Å². The number of anilines is 1. The number of hydrogen-bond donors (Lipinski definition) is 0. The molecule has 0 saturated carbocycles. The minimum Gasteiger partial charge on any atom is -0.489 e. The lowest BCUT2D eigenvalue weighted by molar-refractivity contribution is -0.113. The molecule has 0 aliphatic carbocycles. The molecule has 4 rings (SSSR count). The molecular weight excluding hydrogens is 430 g/mol. The zero-order valence-electron chi connectivity index (χ0n) is 16.9. The summed E-state index contributed by atoms with van der Waals surface area (Å²) in [5.74, 6) is 0.366. The van der Waals surface area contributed by atoms with Gasteiger partial charge in [0, 0.05) is 5.02 Å². The van der Waals surface area contributed by atoms with Crippen molar-refractivity contribution in [3.8, 4) is 5.75 Å². The fourth-order valence-corrected chi connectivity index (χ4v) is 4.13. The number of benzene rings is 3. The summed E-state index contributed by atoms with van der Waals surface area (Å²) in [6.07, 6.45) is 2.62. The normalized spacial score (nSPS) is 15.0. The van der Waals surface area contributed by atoms with Gasteiger partial charge in [-0.3, -0.25) is 9.59 Å². The summed E-state index contributed by atoms with van der Waals surface area (Å²) in [7, 11) is 0. The van der Waals surface area contributed by atoms with E-state index in [0.717, 1.165) is 34.9 Å². The van der Waals surface area contributed by atoms with Gasteiger partial charge in [-0.15, -0.1) is 0 Å². The molecule has 4 nitrogen and oxygen atoms in total. The Morgan fingerprint density at radius 1 is 0.968 bits per heavy atom. The van der Waals surface area contributed by atoms with Crippen molar-refractivity contribution >= 4 is 46.3 Å². The lowest BCUT2D eigenvalue weighted by Crippen LogP contribution is -2.27. The van der Waals surface area contributed by atoms with Crippen LogP contribution in [0.25, 0.3) is 6.08 Å². The second kappa shape index (κ2) is 9.41. The van der Waals surface area contributed by atoms with Gasteiger partial charge < -0.3 is 4.74 Å². The number of ether oxygens (including phenoxy) is 1. The molecular formula is C25H20ClNO3S. The molecule has 1 heterocycles. The maximum absolute atomic E-state index is 12.9. The SMILES string of the molecule is CCc1ccc(N2C(=O)S/C(=C\c3cccc(OCc4ccc(Cl)cc4)c3)C2=O)cc1. The van der Waals surface area contributed by atoms with E-state index in [1.807, 2.05) is 72.8 Å². The molecule has 0 spiro atoms. The van der Waals surface area contributed by atoms with E-state index in [4.69, 9.17) is 16.3 Å². The largest absolute Gasteiger partial charge is 0.489 e. The van der Waals surface area contributed by atoms with E-state index in [0.29, 0.717) is 28.0 Å². The molecule has 6 heteroatoms. The molecule has 0 N–H and O–H groups in total. The number of nitrogens with zero attached hydrogens (tertiary/aromatic N) is 1. The van der Waals surface area contributed by atoms with Crippen LogP contribution >= 0.6 is 23.4 Å².